The van der Waals surface area contributed by atoms with Crippen molar-refractivity contribution in [3.63, 3.8) is 0 Å². The lowest BCUT2D eigenvalue weighted by atomic mass is 10.3. The van der Waals surface area contributed by atoms with Gasteiger partial charge < -0.3 is 0 Å². The quantitative estimate of drug-likeness (QED) is 0.427. The highest BCUT2D eigenvalue weighted by molar-refractivity contribution is 5.45. The lowest BCUT2D eigenvalue weighted by Crippen LogP contribution is -1.97. The van der Waals surface area contributed by atoms with Crippen LogP contribution in [0.3, 0.4) is 0 Å². The molecule has 0 aliphatic heterocycles. The third-order valence-corrected chi connectivity index (χ3v) is 1.76. The Hall–Kier alpha value is -2.40. The van der Waals surface area contributed by atoms with E-state index in [2.05, 4.69) is 20.1 Å². The molecule has 0 atom stereocenters. The predicted molar refractivity (Wildman–Crippen MR) is 50.1 cm³/mol. The molecule has 1 aromatic carbocycles. The van der Waals surface area contributed by atoms with E-state index in [1.807, 2.05) is 0 Å². The molecule has 0 spiro atoms. The third kappa shape index (κ3) is 1.77. The Kier molecular flexibility index (Phi) is 2.30. The van der Waals surface area contributed by atoms with Crippen LogP contribution in [0.15, 0.2) is 36.0 Å². The highest BCUT2D eigenvalue weighted by Gasteiger charge is 2.05. The number of hydrogen-bond acceptors (Lipinski definition) is 3. The van der Waals surface area contributed by atoms with Crippen molar-refractivity contribution >= 4 is 5.69 Å². The van der Waals surface area contributed by atoms with Gasteiger partial charge in [0.25, 0.3) is 0 Å². The van der Waals surface area contributed by atoms with Gasteiger partial charge in [0.15, 0.2) is 0 Å². The molecule has 7 heteroatoms. The first-order valence-corrected chi connectivity index (χ1v) is 4.01. The lowest BCUT2D eigenvalue weighted by molar-refractivity contribution is 0.611. The van der Waals surface area contributed by atoms with Crippen LogP contribution in [0, 0.1) is 5.82 Å². The summed E-state index contributed by atoms with van der Waals surface area (Å²) in [6.45, 7) is 0. The average molecular weight is 204 g/mol. The summed E-state index contributed by atoms with van der Waals surface area (Å²) in [5.41, 5.74) is 8.65. The molecule has 0 saturated heterocycles. The molecule has 0 N–H and O–H groups in total. The van der Waals surface area contributed by atoms with Gasteiger partial charge in [-0.15, -0.1) is 0 Å². The molecule has 1 heterocycles. The largest absolute Gasteiger partial charge is 0.223 e. The van der Waals surface area contributed by atoms with Gasteiger partial charge in [-0.2, -0.15) is 5.10 Å². The topological polar surface area (TPSA) is 79.5 Å². The van der Waals surface area contributed by atoms with Gasteiger partial charge >= 0.3 is 0 Å². The molecule has 0 radical (unpaired) electrons. The normalized spacial score (nSPS) is 9.67. The lowest BCUT2D eigenvalue weighted by Gasteiger charge is -2.02. The van der Waals surface area contributed by atoms with E-state index in [0.717, 1.165) is 6.07 Å². The summed E-state index contributed by atoms with van der Waals surface area (Å²) in [7, 11) is 0. The van der Waals surface area contributed by atoms with Gasteiger partial charge in [0.2, 0.25) is 0 Å². The van der Waals surface area contributed by atoms with Crippen molar-refractivity contribution in [3.05, 3.63) is 47.1 Å². The molecule has 15 heavy (non-hydrogen) atoms. The Morgan fingerprint density at radius 3 is 2.93 bits per heavy atom. The molecular weight excluding hydrogens is 199 g/mol. The fraction of sp³-hybridized carbons (Fsp3) is 0. The van der Waals surface area contributed by atoms with Crippen LogP contribution in [-0.2, 0) is 0 Å². The van der Waals surface area contributed by atoms with Crippen molar-refractivity contribution in [2.45, 2.75) is 0 Å². The molecule has 0 aliphatic carbocycles. The summed E-state index contributed by atoms with van der Waals surface area (Å²) in [5.74, 6) is -0.523. The molecule has 0 saturated carbocycles. The molecule has 74 valence electrons. The summed E-state index contributed by atoms with van der Waals surface area (Å²) in [4.78, 5) is 6.26. The minimum Gasteiger partial charge on any atom is -0.223 e. The van der Waals surface area contributed by atoms with Crippen molar-refractivity contribution < 1.29 is 4.39 Å². The van der Waals surface area contributed by atoms with Crippen LogP contribution in [0.2, 0.25) is 0 Å². The first-order chi connectivity index (χ1) is 7.31. The Labute approximate surface area is 83.6 Å². The Bertz CT molecular complexity index is 514. The number of rotatable bonds is 2. The molecule has 6 nitrogen and oxygen atoms in total. The maximum absolute atomic E-state index is 13.5. The highest BCUT2D eigenvalue weighted by atomic mass is 19.1. The van der Waals surface area contributed by atoms with Gasteiger partial charge in [-0.25, -0.2) is 14.1 Å². The van der Waals surface area contributed by atoms with Crippen LogP contribution < -0.4 is 0 Å². The van der Waals surface area contributed by atoms with E-state index in [9.17, 15) is 4.39 Å². The highest BCUT2D eigenvalue weighted by Crippen LogP contribution is 2.19. The summed E-state index contributed by atoms with van der Waals surface area (Å²) >= 11 is 0. The molecule has 0 bridgehead atoms. The third-order valence-electron chi connectivity index (χ3n) is 1.76. The molecule has 0 amide bonds. The maximum Gasteiger partial charge on any atom is 0.149 e. The van der Waals surface area contributed by atoms with Gasteiger partial charge in [0, 0.05) is 10.6 Å². The molecule has 2 aromatic rings. The van der Waals surface area contributed by atoms with Crippen molar-refractivity contribution in [1.29, 1.82) is 0 Å². The summed E-state index contributed by atoms with van der Waals surface area (Å²) in [5, 5.41) is 7.07. The van der Waals surface area contributed by atoms with Gasteiger partial charge in [-0.3, -0.25) is 0 Å². The molecule has 0 unspecified atom stereocenters. The van der Waals surface area contributed by atoms with Crippen LogP contribution in [0.5, 0.6) is 0 Å². The second-order valence-electron chi connectivity index (χ2n) is 2.67. The minimum atomic E-state index is -0.523. The predicted octanol–water partition coefficient (Wildman–Crippen LogP) is 2.35. The molecule has 2 rings (SSSR count). The van der Waals surface area contributed by atoms with Crippen molar-refractivity contribution in [1.82, 2.24) is 14.8 Å². The standard InChI is InChI=1S/C8H5FN6/c9-7-3-6(13-14-10)1-2-8(7)15-5-11-4-12-15/h1-5H. The fourth-order valence-corrected chi connectivity index (χ4v) is 1.13. The first-order valence-electron chi connectivity index (χ1n) is 4.01. The van der Waals surface area contributed by atoms with E-state index in [0.29, 0.717) is 0 Å². The zero-order valence-corrected chi connectivity index (χ0v) is 7.45. The monoisotopic (exact) mass is 204 g/mol. The summed E-state index contributed by atoms with van der Waals surface area (Å²) < 4.78 is 14.8. The van der Waals surface area contributed by atoms with Crippen LogP contribution in [0.25, 0.3) is 16.1 Å². The average Bonchev–Trinajstić information content (AvgIpc) is 2.71. The zero-order valence-electron chi connectivity index (χ0n) is 7.45. The fourth-order valence-electron chi connectivity index (χ4n) is 1.13. The maximum atomic E-state index is 13.5. The SMILES string of the molecule is [N-]=[N+]=Nc1ccc(-n2cncn2)c(F)c1. The molecule has 1 aromatic heterocycles. The number of benzene rings is 1. The Morgan fingerprint density at radius 2 is 2.33 bits per heavy atom. The van der Waals surface area contributed by atoms with E-state index >= 15 is 0 Å². The van der Waals surface area contributed by atoms with E-state index in [1.54, 1.807) is 0 Å². The van der Waals surface area contributed by atoms with E-state index in [4.69, 9.17) is 5.53 Å². The van der Waals surface area contributed by atoms with Gasteiger partial charge in [-0.05, 0) is 17.7 Å². The molecule has 0 aliphatic rings. The summed E-state index contributed by atoms with van der Waals surface area (Å²) in [6.07, 6.45) is 2.69. The molecular formula is C8H5FN6. The van der Waals surface area contributed by atoms with Crippen molar-refractivity contribution in [3.8, 4) is 5.69 Å². The van der Waals surface area contributed by atoms with Crippen LogP contribution in [0.1, 0.15) is 0 Å². The Morgan fingerprint density at radius 1 is 1.47 bits per heavy atom. The van der Waals surface area contributed by atoms with Crippen molar-refractivity contribution in [2.75, 3.05) is 0 Å². The Balaban J connectivity index is 2.48. The van der Waals surface area contributed by atoms with Gasteiger partial charge in [0.05, 0.1) is 0 Å². The number of nitrogens with zero attached hydrogens (tertiary/aromatic N) is 6. The minimum absolute atomic E-state index is 0.221. The summed E-state index contributed by atoms with van der Waals surface area (Å²) in [6, 6.07) is 4.10. The van der Waals surface area contributed by atoms with Gasteiger partial charge in [-0.1, -0.05) is 11.2 Å². The number of halogens is 1. The smallest absolute Gasteiger partial charge is 0.149 e. The van der Waals surface area contributed by atoms with Crippen LogP contribution in [0.4, 0.5) is 10.1 Å². The second kappa shape index (κ2) is 3.77. The van der Waals surface area contributed by atoms with Crippen LogP contribution in [-0.4, -0.2) is 14.8 Å². The van der Waals surface area contributed by atoms with E-state index in [1.165, 1.54) is 29.5 Å². The number of azide groups is 1. The molecule has 0 fully saturated rings. The van der Waals surface area contributed by atoms with Crippen LogP contribution >= 0.6 is 0 Å². The van der Waals surface area contributed by atoms with Crippen molar-refractivity contribution in [2.24, 2.45) is 5.11 Å². The van der Waals surface area contributed by atoms with E-state index < -0.39 is 5.82 Å². The number of aromatic nitrogens is 3. The van der Waals surface area contributed by atoms with Gasteiger partial charge in [0.1, 0.15) is 24.2 Å². The number of hydrogen-bond donors (Lipinski definition) is 0. The van der Waals surface area contributed by atoms with E-state index in [-0.39, 0.29) is 11.4 Å². The first kappa shape index (κ1) is 9.17. The second-order valence-corrected chi connectivity index (χ2v) is 2.67. The zero-order chi connectivity index (χ0) is 10.7.